The van der Waals surface area contributed by atoms with E-state index in [4.69, 9.17) is 4.52 Å². The molecule has 1 atom stereocenters. The predicted octanol–water partition coefficient (Wildman–Crippen LogP) is 2.93. The highest BCUT2D eigenvalue weighted by Gasteiger charge is 2.18. The van der Waals surface area contributed by atoms with E-state index in [-0.39, 0.29) is 11.9 Å². The van der Waals surface area contributed by atoms with Gasteiger partial charge in [-0.2, -0.15) is 4.98 Å². The standard InChI is InChI=1S/C17H16N4O2/c1-11-3-5-13(6-4-11)15-20-17(23-21-15)12(2)19-16(22)14-7-9-18-10-8-14/h3-10,12H,1-2H3,(H,19,22)/t12-/m1/s1. The summed E-state index contributed by atoms with van der Waals surface area (Å²) in [5.74, 6) is 0.656. The first-order chi connectivity index (χ1) is 11.1. The molecular formula is C17H16N4O2. The second-order valence-electron chi connectivity index (χ2n) is 5.25. The van der Waals surface area contributed by atoms with Crippen molar-refractivity contribution in [3.63, 3.8) is 0 Å². The highest BCUT2D eigenvalue weighted by atomic mass is 16.5. The first kappa shape index (κ1) is 14.9. The maximum Gasteiger partial charge on any atom is 0.252 e. The van der Waals surface area contributed by atoms with Crippen LogP contribution >= 0.6 is 0 Å². The molecule has 0 aliphatic carbocycles. The molecule has 1 amide bonds. The molecule has 2 aromatic heterocycles. The van der Waals surface area contributed by atoms with Crippen LogP contribution in [0.4, 0.5) is 0 Å². The van der Waals surface area contributed by atoms with Gasteiger partial charge in [0.15, 0.2) is 0 Å². The van der Waals surface area contributed by atoms with Gasteiger partial charge in [-0.25, -0.2) is 0 Å². The van der Waals surface area contributed by atoms with Crippen molar-refractivity contribution >= 4 is 5.91 Å². The lowest BCUT2D eigenvalue weighted by atomic mass is 10.1. The Morgan fingerprint density at radius 1 is 1.13 bits per heavy atom. The molecule has 1 aromatic carbocycles. The Labute approximate surface area is 133 Å². The molecule has 0 saturated heterocycles. The van der Waals surface area contributed by atoms with E-state index in [0.717, 1.165) is 11.1 Å². The minimum absolute atomic E-state index is 0.213. The third-order valence-electron chi connectivity index (χ3n) is 3.41. The van der Waals surface area contributed by atoms with Gasteiger partial charge in [0.05, 0.1) is 0 Å². The molecule has 3 rings (SSSR count). The third kappa shape index (κ3) is 3.42. The van der Waals surface area contributed by atoms with Crippen molar-refractivity contribution in [1.29, 1.82) is 0 Å². The number of benzene rings is 1. The third-order valence-corrected chi connectivity index (χ3v) is 3.41. The monoisotopic (exact) mass is 308 g/mol. The smallest absolute Gasteiger partial charge is 0.252 e. The van der Waals surface area contributed by atoms with Gasteiger partial charge < -0.3 is 9.84 Å². The van der Waals surface area contributed by atoms with E-state index in [0.29, 0.717) is 17.3 Å². The van der Waals surface area contributed by atoms with Gasteiger partial charge in [-0.05, 0) is 26.0 Å². The molecule has 0 aliphatic heterocycles. The zero-order valence-corrected chi connectivity index (χ0v) is 12.9. The molecule has 0 unspecified atom stereocenters. The summed E-state index contributed by atoms with van der Waals surface area (Å²) in [6.45, 7) is 3.81. The molecule has 23 heavy (non-hydrogen) atoms. The van der Waals surface area contributed by atoms with E-state index in [1.807, 2.05) is 31.2 Å². The van der Waals surface area contributed by atoms with Crippen molar-refractivity contribution in [2.75, 3.05) is 0 Å². The van der Waals surface area contributed by atoms with Crippen molar-refractivity contribution in [2.45, 2.75) is 19.9 Å². The highest BCUT2D eigenvalue weighted by molar-refractivity contribution is 5.94. The first-order valence-electron chi connectivity index (χ1n) is 7.25. The largest absolute Gasteiger partial charge is 0.341 e. The Bertz CT molecular complexity index is 797. The SMILES string of the molecule is Cc1ccc(-c2noc([C@@H](C)NC(=O)c3ccncc3)n2)cc1. The van der Waals surface area contributed by atoms with Gasteiger partial charge in [0.2, 0.25) is 11.7 Å². The van der Waals surface area contributed by atoms with E-state index in [1.165, 1.54) is 0 Å². The molecule has 2 heterocycles. The molecule has 0 fully saturated rings. The Morgan fingerprint density at radius 2 is 1.83 bits per heavy atom. The number of aryl methyl sites for hydroxylation is 1. The summed E-state index contributed by atoms with van der Waals surface area (Å²) in [7, 11) is 0. The van der Waals surface area contributed by atoms with Crippen LogP contribution in [0.25, 0.3) is 11.4 Å². The number of amides is 1. The number of nitrogens with one attached hydrogen (secondary N) is 1. The summed E-state index contributed by atoms with van der Waals surface area (Å²) >= 11 is 0. The molecule has 0 spiro atoms. The number of hydrogen-bond acceptors (Lipinski definition) is 5. The Hall–Kier alpha value is -3.02. The van der Waals surface area contributed by atoms with E-state index in [1.54, 1.807) is 31.5 Å². The summed E-state index contributed by atoms with van der Waals surface area (Å²) in [4.78, 5) is 20.4. The fourth-order valence-corrected chi connectivity index (χ4v) is 2.08. The number of nitrogens with zero attached hydrogens (tertiary/aromatic N) is 3. The fraction of sp³-hybridized carbons (Fsp3) is 0.176. The van der Waals surface area contributed by atoms with E-state index >= 15 is 0 Å². The summed E-state index contributed by atoms with van der Waals surface area (Å²) in [6.07, 6.45) is 3.14. The average molecular weight is 308 g/mol. The maximum absolute atomic E-state index is 12.1. The van der Waals surface area contributed by atoms with Crippen molar-refractivity contribution < 1.29 is 9.32 Å². The van der Waals surface area contributed by atoms with Crippen LogP contribution in [-0.2, 0) is 0 Å². The maximum atomic E-state index is 12.1. The number of pyridine rings is 1. The summed E-state index contributed by atoms with van der Waals surface area (Å²) in [5, 5.41) is 6.79. The zero-order chi connectivity index (χ0) is 16.2. The second-order valence-corrected chi connectivity index (χ2v) is 5.25. The lowest BCUT2D eigenvalue weighted by Crippen LogP contribution is -2.26. The number of hydrogen-bond donors (Lipinski definition) is 1. The number of carbonyl (C=O) groups is 1. The van der Waals surface area contributed by atoms with Crippen LogP contribution < -0.4 is 5.32 Å². The van der Waals surface area contributed by atoms with Gasteiger partial charge in [-0.3, -0.25) is 9.78 Å². The van der Waals surface area contributed by atoms with Crippen molar-refractivity contribution in [3.8, 4) is 11.4 Å². The zero-order valence-electron chi connectivity index (χ0n) is 12.9. The lowest BCUT2D eigenvalue weighted by Gasteiger charge is -2.09. The molecule has 0 radical (unpaired) electrons. The van der Waals surface area contributed by atoms with E-state index in [2.05, 4.69) is 20.4 Å². The summed E-state index contributed by atoms with van der Waals surface area (Å²) in [6, 6.07) is 10.7. The lowest BCUT2D eigenvalue weighted by molar-refractivity contribution is 0.0932. The van der Waals surface area contributed by atoms with Crippen LogP contribution in [0.2, 0.25) is 0 Å². The van der Waals surface area contributed by atoms with Gasteiger partial charge in [0.1, 0.15) is 6.04 Å². The Morgan fingerprint density at radius 3 is 2.52 bits per heavy atom. The molecule has 0 aliphatic rings. The van der Waals surface area contributed by atoms with E-state index < -0.39 is 0 Å². The molecule has 6 nitrogen and oxygen atoms in total. The van der Waals surface area contributed by atoms with Gasteiger partial charge in [0.25, 0.3) is 5.91 Å². The van der Waals surface area contributed by atoms with Crippen LogP contribution in [0.5, 0.6) is 0 Å². The average Bonchev–Trinajstić information content (AvgIpc) is 3.06. The van der Waals surface area contributed by atoms with Crippen LogP contribution in [0.15, 0.2) is 53.3 Å². The summed E-state index contributed by atoms with van der Waals surface area (Å²) in [5.41, 5.74) is 2.57. The predicted molar refractivity (Wildman–Crippen MR) is 84.6 cm³/mol. The molecule has 0 bridgehead atoms. The van der Waals surface area contributed by atoms with Crippen LogP contribution in [-0.4, -0.2) is 21.0 Å². The van der Waals surface area contributed by atoms with Crippen molar-refractivity contribution in [1.82, 2.24) is 20.4 Å². The van der Waals surface area contributed by atoms with Crippen LogP contribution in [0, 0.1) is 6.92 Å². The molecular weight excluding hydrogens is 292 g/mol. The quantitative estimate of drug-likeness (QED) is 0.801. The van der Waals surface area contributed by atoms with Crippen molar-refractivity contribution in [3.05, 3.63) is 65.8 Å². The molecule has 0 saturated carbocycles. The van der Waals surface area contributed by atoms with Gasteiger partial charge >= 0.3 is 0 Å². The minimum atomic E-state index is -0.387. The van der Waals surface area contributed by atoms with Crippen LogP contribution in [0.3, 0.4) is 0 Å². The molecule has 6 heteroatoms. The minimum Gasteiger partial charge on any atom is -0.341 e. The number of rotatable bonds is 4. The molecule has 3 aromatic rings. The van der Waals surface area contributed by atoms with Crippen LogP contribution in [0.1, 0.15) is 34.8 Å². The highest BCUT2D eigenvalue weighted by Crippen LogP contribution is 2.19. The van der Waals surface area contributed by atoms with Gasteiger partial charge in [-0.1, -0.05) is 35.0 Å². The Kier molecular flexibility index (Phi) is 4.14. The van der Waals surface area contributed by atoms with Gasteiger partial charge in [-0.15, -0.1) is 0 Å². The normalized spacial score (nSPS) is 11.9. The summed E-state index contributed by atoms with van der Waals surface area (Å²) < 4.78 is 5.26. The van der Waals surface area contributed by atoms with Gasteiger partial charge in [0, 0.05) is 23.5 Å². The second kappa shape index (κ2) is 6.39. The Balaban J connectivity index is 1.72. The number of aromatic nitrogens is 3. The number of carbonyl (C=O) groups excluding carboxylic acids is 1. The van der Waals surface area contributed by atoms with Crippen molar-refractivity contribution in [2.24, 2.45) is 0 Å². The molecule has 1 N–H and O–H groups in total. The topological polar surface area (TPSA) is 80.9 Å². The fourth-order valence-electron chi connectivity index (χ4n) is 2.08. The molecule has 116 valence electrons. The van der Waals surface area contributed by atoms with E-state index in [9.17, 15) is 4.79 Å². The first-order valence-corrected chi connectivity index (χ1v) is 7.25.